The number of hydrogen-bond donors (Lipinski definition) is 1. The third-order valence-corrected chi connectivity index (χ3v) is 6.95. The molecular weight excluding hydrogens is 374 g/mol. The normalized spacial score (nSPS) is 16.2. The third kappa shape index (κ3) is 4.60. The van der Waals surface area contributed by atoms with E-state index in [0.717, 1.165) is 17.4 Å². The summed E-state index contributed by atoms with van der Waals surface area (Å²) in [5, 5.41) is 3.01. The van der Waals surface area contributed by atoms with Crippen LogP contribution >= 0.6 is 0 Å². The second kappa shape index (κ2) is 8.86. The lowest BCUT2D eigenvalue weighted by molar-refractivity contribution is 0.0938. The minimum atomic E-state index is -3.50. The molecule has 1 heterocycles. The Bertz CT molecular complexity index is 890. The maximum Gasteiger partial charge on any atom is 0.251 e. The van der Waals surface area contributed by atoms with Gasteiger partial charge in [-0.3, -0.25) is 9.69 Å². The summed E-state index contributed by atoms with van der Waals surface area (Å²) in [6, 6.07) is 16.4. The van der Waals surface area contributed by atoms with Crippen LogP contribution < -0.4 is 5.32 Å². The van der Waals surface area contributed by atoms with E-state index in [1.807, 2.05) is 18.2 Å². The molecule has 0 spiro atoms. The fraction of sp³-hybridized carbons (Fsp3) is 0.381. The van der Waals surface area contributed by atoms with E-state index in [4.69, 9.17) is 0 Å². The number of rotatable bonds is 7. The van der Waals surface area contributed by atoms with E-state index in [1.165, 1.54) is 44.6 Å². The van der Waals surface area contributed by atoms with Crippen molar-refractivity contribution in [3.8, 4) is 0 Å². The molecule has 150 valence electrons. The highest BCUT2D eigenvalue weighted by molar-refractivity contribution is 7.89. The van der Waals surface area contributed by atoms with E-state index in [2.05, 4.69) is 22.3 Å². The molecule has 1 aliphatic heterocycles. The Balaban J connectivity index is 1.69. The highest BCUT2D eigenvalue weighted by atomic mass is 32.2. The minimum Gasteiger partial charge on any atom is -0.350 e. The van der Waals surface area contributed by atoms with Gasteiger partial charge in [0.25, 0.3) is 5.91 Å². The number of nitrogens with zero attached hydrogens (tertiary/aromatic N) is 2. The Morgan fingerprint density at radius 2 is 1.64 bits per heavy atom. The van der Waals surface area contributed by atoms with E-state index in [1.54, 1.807) is 12.1 Å². The summed E-state index contributed by atoms with van der Waals surface area (Å²) in [6.07, 6.45) is 2.36. The molecule has 0 aromatic heterocycles. The van der Waals surface area contributed by atoms with Crippen LogP contribution in [0, 0.1) is 0 Å². The van der Waals surface area contributed by atoms with E-state index in [0.29, 0.717) is 12.1 Å². The molecule has 2 aromatic rings. The summed E-state index contributed by atoms with van der Waals surface area (Å²) in [6.45, 7) is 2.58. The Hall–Kier alpha value is -2.22. The van der Waals surface area contributed by atoms with Gasteiger partial charge in [0, 0.05) is 26.2 Å². The number of carbonyl (C=O) groups is 1. The van der Waals surface area contributed by atoms with Crippen molar-refractivity contribution in [3.63, 3.8) is 0 Å². The van der Waals surface area contributed by atoms with Crippen LogP contribution in [0.5, 0.6) is 0 Å². The van der Waals surface area contributed by atoms with Gasteiger partial charge in [0.15, 0.2) is 0 Å². The maximum absolute atomic E-state index is 12.6. The zero-order valence-corrected chi connectivity index (χ0v) is 17.2. The number of amides is 1. The van der Waals surface area contributed by atoms with E-state index < -0.39 is 10.0 Å². The van der Waals surface area contributed by atoms with Crippen LogP contribution in [0.25, 0.3) is 0 Å². The second-order valence-corrected chi connectivity index (χ2v) is 9.34. The summed E-state index contributed by atoms with van der Waals surface area (Å²) in [5.41, 5.74) is 1.64. The molecule has 0 bridgehead atoms. The Labute approximate surface area is 167 Å². The van der Waals surface area contributed by atoms with Crippen LogP contribution in [0.15, 0.2) is 59.5 Å². The van der Waals surface area contributed by atoms with Crippen molar-refractivity contribution in [1.82, 2.24) is 14.5 Å². The van der Waals surface area contributed by atoms with Gasteiger partial charge in [-0.05, 0) is 55.8 Å². The van der Waals surface area contributed by atoms with E-state index >= 15 is 0 Å². The third-order valence-electron chi connectivity index (χ3n) is 5.12. The molecule has 0 radical (unpaired) electrons. The summed E-state index contributed by atoms with van der Waals surface area (Å²) >= 11 is 0. The summed E-state index contributed by atoms with van der Waals surface area (Å²) < 4.78 is 25.5. The Morgan fingerprint density at radius 1 is 1.04 bits per heavy atom. The SMILES string of the molecule is CN(C)S(=O)(=O)c1ccc(C(=O)NCC(c2ccccc2)N2CCCC2)cc1. The molecule has 1 N–H and O–H groups in total. The van der Waals surface area contributed by atoms with Crippen LogP contribution in [0.2, 0.25) is 0 Å². The van der Waals surface area contributed by atoms with Crippen LogP contribution in [0.4, 0.5) is 0 Å². The highest BCUT2D eigenvalue weighted by Crippen LogP contribution is 2.24. The molecule has 1 saturated heterocycles. The molecule has 0 saturated carbocycles. The average Bonchev–Trinajstić information content (AvgIpc) is 3.23. The van der Waals surface area contributed by atoms with Gasteiger partial charge >= 0.3 is 0 Å². The molecular formula is C21H27N3O3S. The van der Waals surface area contributed by atoms with Crippen molar-refractivity contribution >= 4 is 15.9 Å². The number of hydrogen-bond acceptors (Lipinski definition) is 4. The van der Waals surface area contributed by atoms with Gasteiger partial charge in [-0.1, -0.05) is 30.3 Å². The number of nitrogens with one attached hydrogen (secondary N) is 1. The molecule has 7 heteroatoms. The monoisotopic (exact) mass is 401 g/mol. The number of carbonyl (C=O) groups excluding carboxylic acids is 1. The predicted octanol–water partition coefficient (Wildman–Crippen LogP) is 2.50. The molecule has 1 fully saturated rings. The van der Waals surface area contributed by atoms with Gasteiger partial charge in [-0.25, -0.2) is 12.7 Å². The number of likely N-dealkylation sites (tertiary alicyclic amines) is 1. The summed E-state index contributed by atoms with van der Waals surface area (Å²) in [5.74, 6) is -0.200. The lowest BCUT2D eigenvalue weighted by Gasteiger charge is -2.28. The average molecular weight is 402 g/mol. The first-order valence-electron chi connectivity index (χ1n) is 9.49. The van der Waals surface area contributed by atoms with Crippen LogP contribution in [-0.4, -0.2) is 57.3 Å². The zero-order valence-electron chi connectivity index (χ0n) is 16.3. The smallest absolute Gasteiger partial charge is 0.251 e. The maximum atomic E-state index is 12.6. The van der Waals surface area contributed by atoms with Crippen molar-refractivity contribution in [3.05, 3.63) is 65.7 Å². The van der Waals surface area contributed by atoms with Crippen molar-refractivity contribution in [2.45, 2.75) is 23.8 Å². The minimum absolute atomic E-state index is 0.140. The molecule has 3 rings (SSSR count). The van der Waals surface area contributed by atoms with Gasteiger partial charge in [-0.15, -0.1) is 0 Å². The fourth-order valence-electron chi connectivity index (χ4n) is 3.47. The standard InChI is InChI=1S/C21H27N3O3S/c1-23(2)28(26,27)19-12-10-18(11-13-19)21(25)22-16-20(24-14-6-7-15-24)17-8-4-3-5-9-17/h3-5,8-13,20H,6-7,14-16H2,1-2H3,(H,22,25). The molecule has 2 aromatic carbocycles. The fourth-order valence-corrected chi connectivity index (χ4v) is 4.37. The van der Waals surface area contributed by atoms with Crippen molar-refractivity contribution in [2.24, 2.45) is 0 Å². The van der Waals surface area contributed by atoms with Gasteiger partial charge in [0.2, 0.25) is 10.0 Å². The number of benzene rings is 2. The quantitative estimate of drug-likeness (QED) is 0.774. The van der Waals surface area contributed by atoms with Crippen LogP contribution in [0.1, 0.15) is 34.8 Å². The molecule has 1 amide bonds. The molecule has 0 aliphatic carbocycles. The van der Waals surface area contributed by atoms with Crippen LogP contribution in [0.3, 0.4) is 0 Å². The van der Waals surface area contributed by atoms with E-state index in [-0.39, 0.29) is 16.8 Å². The van der Waals surface area contributed by atoms with Crippen LogP contribution in [-0.2, 0) is 10.0 Å². The summed E-state index contributed by atoms with van der Waals surface area (Å²) in [4.78, 5) is 15.2. The largest absolute Gasteiger partial charge is 0.350 e. The van der Waals surface area contributed by atoms with Crippen molar-refractivity contribution < 1.29 is 13.2 Å². The molecule has 1 aliphatic rings. The van der Waals surface area contributed by atoms with Gasteiger partial charge in [0.05, 0.1) is 10.9 Å². The first-order valence-corrected chi connectivity index (χ1v) is 10.9. The van der Waals surface area contributed by atoms with Crippen molar-refractivity contribution in [1.29, 1.82) is 0 Å². The van der Waals surface area contributed by atoms with Gasteiger partial charge in [-0.2, -0.15) is 0 Å². The molecule has 6 nitrogen and oxygen atoms in total. The van der Waals surface area contributed by atoms with Crippen molar-refractivity contribution in [2.75, 3.05) is 33.7 Å². The van der Waals surface area contributed by atoms with Gasteiger partial charge < -0.3 is 5.32 Å². The van der Waals surface area contributed by atoms with E-state index in [9.17, 15) is 13.2 Å². The van der Waals surface area contributed by atoms with Gasteiger partial charge in [0.1, 0.15) is 0 Å². The molecule has 28 heavy (non-hydrogen) atoms. The highest BCUT2D eigenvalue weighted by Gasteiger charge is 2.24. The predicted molar refractivity (Wildman–Crippen MR) is 110 cm³/mol. The first kappa shape index (κ1) is 20.5. The summed E-state index contributed by atoms with van der Waals surface area (Å²) in [7, 11) is -0.529. The first-order chi connectivity index (χ1) is 13.4. The molecule has 1 atom stereocenters. The lowest BCUT2D eigenvalue weighted by Crippen LogP contribution is -2.36. The second-order valence-electron chi connectivity index (χ2n) is 7.19. The zero-order chi connectivity index (χ0) is 20.1. The Morgan fingerprint density at radius 3 is 2.21 bits per heavy atom. The topological polar surface area (TPSA) is 69.7 Å². The lowest BCUT2D eigenvalue weighted by atomic mass is 10.1. The Kier molecular flexibility index (Phi) is 6.49. The molecule has 1 unspecified atom stereocenters. The number of sulfonamides is 1.